The normalized spacial score (nSPS) is 20.1. The summed E-state index contributed by atoms with van der Waals surface area (Å²) in [5, 5.41) is 0. The number of rotatable bonds is 4. The monoisotopic (exact) mass is 250 g/mol. The summed E-state index contributed by atoms with van der Waals surface area (Å²) < 4.78 is 32.8. The third-order valence-corrected chi connectivity index (χ3v) is 3.59. The smallest absolute Gasteiger partial charge is 0.201 e. The summed E-state index contributed by atoms with van der Waals surface area (Å²) in [6.07, 6.45) is 9.16. The molecule has 2 fully saturated rings. The van der Waals surface area contributed by atoms with Gasteiger partial charge in [0.05, 0.1) is 6.10 Å². The number of benzene rings is 1. The van der Waals surface area contributed by atoms with Crippen molar-refractivity contribution in [1.82, 2.24) is 0 Å². The van der Waals surface area contributed by atoms with Crippen LogP contribution >= 0.6 is 0 Å². The van der Waals surface area contributed by atoms with Crippen molar-refractivity contribution >= 4 is 6.08 Å². The first-order chi connectivity index (χ1) is 8.74. The summed E-state index contributed by atoms with van der Waals surface area (Å²) in [6.45, 7) is 0. The van der Waals surface area contributed by atoms with E-state index in [1.165, 1.54) is 12.5 Å². The maximum Gasteiger partial charge on any atom is 0.201 e. The summed E-state index contributed by atoms with van der Waals surface area (Å²) >= 11 is 0. The van der Waals surface area contributed by atoms with Gasteiger partial charge in [-0.05, 0) is 43.7 Å². The van der Waals surface area contributed by atoms with E-state index < -0.39 is 11.6 Å². The molecule has 0 bridgehead atoms. The third kappa shape index (κ3) is 2.40. The first-order valence-corrected chi connectivity index (χ1v) is 6.57. The second-order valence-electron chi connectivity index (χ2n) is 5.15. The van der Waals surface area contributed by atoms with Gasteiger partial charge in [-0.1, -0.05) is 18.6 Å². The summed E-state index contributed by atoms with van der Waals surface area (Å²) in [5.41, 5.74) is 0.308. The van der Waals surface area contributed by atoms with Crippen LogP contribution in [0, 0.1) is 17.6 Å². The minimum atomic E-state index is -0.863. The Kier molecular flexibility index (Phi) is 3.06. The van der Waals surface area contributed by atoms with E-state index in [0.29, 0.717) is 11.5 Å². The van der Waals surface area contributed by atoms with Gasteiger partial charge in [-0.3, -0.25) is 0 Å². The predicted octanol–water partition coefficient (Wildman–Crippen LogP) is 4.32. The fourth-order valence-corrected chi connectivity index (χ4v) is 2.00. The molecule has 0 spiro atoms. The van der Waals surface area contributed by atoms with Crippen LogP contribution in [0.25, 0.3) is 6.08 Å². The Hall–Kier alpha value is -1.38. The van der Waals surface area contributed by atoms with Gasteiger partial charge in [0.25, 0.3) is 0 Å². The molecule has 1 aromatic rings. The molecule has 2 aliphatic carbocycles. The van der Waals surface area contributed by atoms with Gasteiger partial charge in [0.2, 0.25) is 5.82 Å². The van der Waals surface area contributed by atoms with Crippen molar-refractivity contribution < 1.29 is 13.5 Å². The maximum absolute atomic E-state index is 13.8. The quantitative estimate of drug-likeness (QED) is 0.773. The Morgan fingerprint density at radius 3 is 2.44 bits per heavy atom. The molecule has 0 atom stereocenters. The Morgan fingerprint density at radius 2 is 1.83 bits per heavy atom. The Bertz CT molecular complexity index is 474. The Morgan fingerprint density at radius 1 is 1.06 bits per heavy atom. The van der Waals surface area contributed by atoms with Gasteiger partial charge < -0.3 is 4.74 Å². The van der Waals surface area contributed by atoms with Crippen LogP contribution in [0.5, 0.6) is 5.75 Å². The lowest BCUT2D eigenvalue weighted by molar-refractivity contribution is 0.282. The molecule has 0 amide bonds. The molecule has 0 aromatic heterocycles. The predicted molar refractivity (Wildman–Crippen MR) is 66.4 cm³/mol. The molecule has 1 nitrogen and oxygen atoms in total. The average Bonchev–Trinajstić information content (AvgIpc) is 3.10. The zero-order valence-corrected chi connectivity index (χ0v) is 10.2. The third-order valence-electron chi connectivity index (χ3n) is 3.59. The van der Waals surface area contributed by atoms with E-state index in [0.717, 1.165) is 25.7 Å². The molecular weight excluding hydrogens is 234 g/mol. The number of allylic oxidation sites excluding steroid dienone is 1. The van der Waals surface area contributed by atoms with E-state index in [4.69, 9.17) is 4.74 Å². The summed E-state index contributed by atoms with van der Waals surface area (Å²) in [4.78, 5) is 0. The van der Waals surface area contributed by atoms with Crippen LogP contribution in [0.2, 0.25) is 0 Å². The van der Waals surface area contributed by atoms with Crippen LogP contribution in [-0.2, 0) is 0 Å². The lowest BCUT2D eigenvalue weighted by Crippen LogP contribution is -2.07. The topological polar surface area (TPSA) is 9.23 Å². The molecule has 2 saturated carbocycles. The van der Waals surface area contributed by atoms with E-state index in [1.807, 2.05) is 6.08 Å². The Balaban J connectivity index is 1.77. The van der Waals surface area contributed by atoms with E-state index >= 15 is 0 Å². The molecule has 0 N–H and O–H groups in total. The number of ether oxygens (including phenoxy) is 1. The summed E-state index contributed by atoms with van der Waals surface area (Å²) in [6, 6.07) is 3.11. The van der Waals surface area contributed by atoms with Gasteiger partial charge in [0, 0.05) is 5.56 Å². The minimum Gasteiger partial charge on any atom is -0.487 e. The van der Waals surface area contributed by atoms with Crippen LogP contribution < -0.4 is 4.74 Å². The van der Waals surface area contributed by atoms with Crippen LogP contribution in [0.15, 0.2) is 18.2 Å². The van der Waals surface area contributed by atoms with Crippen molar-refractivity contribution in [1.29, 1.82) is 0 Å². The molecule has 0 radical (unpaired) electrons. The fraction of sp³-hybridized carbons (Fsp3) is 0.467. The molecule has 2 aliphatic rings. The minimum absolute atomic E-state index is 0.0378. The highest BCUT2D eigenvalue weighted by Crippen LogP contribution is 2.32. The number of hydrogen-bond donors (Lipinski definition) is 0. The molecule has 18 heavy (non-hydrogen) atoms. The van der Waals surface area contributed by atoms with Gasteiger partial charge in [-0.15, -0.1) is 0 Å². The summed E-state index contributed by atoms with van der Waals surface area (Å²) in [5.74, 6) is -1.09. The van der Waals surface area contributed by atoms with Gasteiger partial charge in [0.1, 0.15) is 0 Å². The largest absolute Gasteiger partial charge is 0.487 e. The van der Waals surface area contributed by atoms with E-state index in [-0.39, 0.29) is 11.9 Å². The standard InChI is InChI=1S/C15H16F2O/c16-14-11(5-4-10-2-1-3-10)6-9-13(15(14)17)18-12-7-8-12/h4-6,9-10,12H,1-3,7-8H2/b5-4+. The molecular formula is C15H16F2O. The zero-order valence-electron chi connectivity index (χ0n) is 10.2. The second-order valence-corrected chi connectivity index (χ2v) is 5.15. The maximum atomic E-state index is 13.8. The lowest BCUT2D eigenvalue weighted by atomic mass is 9.85. The molecule has 0 unspecified atom stereocenters. The van der Waals surface area contributed by atoms with Crippen LogP contribution in [0.4, 0.5) is 8.78 Å². The van der Waals surface area contributed by atoms with Crippen LogP contribution in [0.3, 0.4) is 0 Å². The number of halogens is 2. The van der Waals surface area contributed by atoms with E-state index in [9.17, 15) is 8.78 Å². The fourth-order valence-electron chi connectivity index (χ4n) is 2.00. The highest BCUT2D eigenvalue weighted by atomic mass is 19.2. The number of hydrogen-bond acceptors (Lipinski definition) is 1. The molecule has 1 aromatic carbocycles. The van der Waals surface area contributed by atoms with E-state index in [1.54, 1.807) is 12.1 Å². The van der Waals surface area contributed by atoms with Crippen molar-refractivity contribution in [3.05, 3.63) is 35.4 Å². The van der Waals surface area contributed by atoms with Gasteiger partial charge in [-0.25, -0.2) is 4.39 Å². The molecule has 0 saturated heterocycles. The lowest BCUT2D eigenvalue weighted by Gasteiger charge is -2.21. The van der Waals surface area contributed by atoms with Crippen LogP contribution in [0.1, 0.15) is 37.7 Å². The molecule has 0 aliphatic heterocycles. The van der Waals surface area contributed by atoms with Crippen molar-refractivity contribution in [2.75, 3.05) is 0 Å². The zero-order chi connectivity index (χ0) is 12.5. The highest BCUT2D eigenvalue weighted by Gasteiger charge is 2.26. The van der Waals surface area contributed by atoms with Crippen molar-refractivity contribution in [3.63, 3.8) is 0 Å². The molecule has 0 heterocycles. The van der Waals surface area contributed by atoms with Gasteiger partial charge >= 0.3 is 0 Å². The Labute approximate surface area is 105 Å². The average molecular weight is 250 g/mol. The molecule has 3 heteroatoms. The second kappa shape index (κ2) is 4.71. The van der Waals surface area contributed by atoms with E-state index in [2.05, 4.69) is 0 Å². The first-order valence-electron chi connectivity index (χ1n) is 6.57. The van der Waals surface area contributed by atoms with Gasteiger partial charge in [0.15, 0.2) is 11.6 Å². The molecule has 96 valence electrons. The van der Waals surface area contributed by atoms with Crippen molar-refractivity contribution in [3.8, 4) is 5.75 Å². The van der Waals surface area contributed by atoms with Crippen molar-refractivity contribution in [2.24, 2.45) is 5.92 Å². The van der Waals surface area contributed by atoms with Crippen molar-refractivity contribution in [2.45, 2.75) is 38.2 Å². The van der Waals surface area contributed by atoms with Gasteiger partial charge in [-0.2, -0.15) is 4.39 Å². The highest BCUT2D eigenvalue weighted by molar-refractivity contribution is 5.52. The molecule has 3 rings (SSSR count). The van der Waals surface area contributed by atoms with Crippen LogP contribution in [-0.4, -0.2) is 6.10 Å². The summed E-state index contributed by atoms with van der Waals surface area (Å²) in [7, 11) is 0. The first kappa shape index (κ1) is 11.7. The SMILES string of the molecule is Fc1c(/C=C/C2CCC2)ccc(OC2CC2)c1F.